The topological polar surface area (TPSA) is 105 Å². The molecule has 1 unspecified atom stereocenters. The molecule has 0 spiro atoms. The van der Waals surface area contributed by atoms with Crippen LogP contribution in [0.3, 0.4) is 0 Å². The maximum atomic E-state index is 13.0. The maximum Gasteiger partial charge on any atom is 0.407 e. The Balaban J connectivity index is 1.16. The van der Waals surface area contributed by atoms with E-state index in [1.165, 1.54) is 22.3 Å². The van der Waals surface area contributed by atoms with Crippen LogP contribution in [-0.4, -0.2) is 41.8 Å². The number of carbonyl (C=O) groups excluding carboxylic acids is 2. The number of amides is 2. The van der Waals surface area contributed by atoms with E-state index in [0.29, 0.717) is 6.42 Å². The van der Waals surface area contributed by atoms with E-state index in [1.54, 1.807) is 0 Å². The van der Waals surface area contributed by atoms with Gasteiger partial charge in [0.05, 0.1) is 11.8 Å². The molecule has 3 aliphatic rings. The minimum absolute atomic E-state index is 0.00412. The average molecular weight is 477 g/mol. The summed E-state index contributed by atoms with van der Waals surface area (Å²) in [5.41, 5.74) is 4.21. The molecule has 2 aromatic rings. The van der Waals surface area contributed by atoms with Gasteiger partial charge in [-0.05, 0) is 53.4 Å². The summed E-state index contributed by atoms with van der Waals surface area (Å²) in [5, 5.41) is 15.1. The van der Waals surface area contributed by atoms with Crippen LogP contribution in [0.15, 0.2) is 48.5 Å². The van der Waals surface area contributed by atoms with Crippen molar-refractivity contribution < 1.29 is 24.2 Å². The van der Waals surface area contributed by atoms with Crippen molar-refractivity contribution in [3.63, 3.8) is 0 Å². The Morgan fingerprint density at radius 3 is 2.26 bits per heavy atom. The molecule has 184 valence electrons. The smallest absolute Gasteiger partial charge is 0.407 e. The lowest BCUT2D eigenvalue weighted by Gasteiger charge is -2.24. The van der Waals surface area contributed by atoms with E-state index in [2.05, 4.69) is 34.9 Å². The highest BCUT2D eigenvalue weighted by Crippen LogP contribution is 2.63. The molecule has 5 rings (SSSR count). The van der Waals surface area contributed by atoms with E-state index in [9.17, 15) is 14.4 Å². The number of nitrogens with one attached hydrogen (secondary N) is 2. The molecule has 2 aromatic carbocycles. The van der Waals surface area contributed by atoms with Crippen LogP contribution >= 0.6 is 0 Å². The first-order valence-corrected chi connectivity index (χ1v) is 12.4. The van der Waals surface area contributed by atoms with Crippen LogP contribution in [-0.2, 0) is 14.3 Å². The van der Waals surface area contributed by atoms with Crippen molar-refractivity contribution in [2.75, 3.05) is 6.61 Å². The highest BCUT2D eigenvalue weighted by molar-refractivity contribution is 5.87. The minimum Gasteiger partial charge on any atom is -0.481 e. The van der Waals surface area contributed by atoms with Gasteiger partial charge in [0.25, 0.3) is 0 Å². The van der Waals surface area contributed by atoms with Gasteiger partial charge in [-0.15, -0.1) is 0 Å². The lowest BCUT2D eigenvalue weighted by molar-refractivity contribution is -0.138. The molecular weight excluding hydrogens is 444 g/mol. The number of hydrogen-bond acceptors (Lipinski definition) is 4. The van der Waals surface area contributed by atoms with Crippen molar-refractivity contribution in [1.82, 2.24) is 10.6 Å². The number of rotatable bonds is 8. The van der Waals surface area contributed by atoms with Crippen LogP contribution in [0.5, 0.6) is 0 Å². The van der Waals surface area contributed by atoms with E-state index in [1.807, 2.05) is 38.1 Å². The second kappa shape index (κ2) is 9.02. The predicted molar refractivity (Wildman–Crippen MR) is 131 cm³/mol. The molecule has 0 aromatic heterocycles. The molecule has 2 fully saturated rings. The zero-order valence-corrected chi connectivity index (χ0v) is 20.1. The molecule has 2 amide bonds. The van der Waals surface area contributed by atoms with Crippen LogP contribution in [0.25, 0.3) is 11.1 Å². The third kappa shape index (κ3) is 4.40. The lowest BCUT2D eigenvalue weighted by atomic mass is 9.96. The molecule has 3 aliphatic carbocycles. The number of fused-ring (bicyclic) bond motifs is 4. The maximum absolute atomic E-state index is 13.0. The van der Waals surface area contributed by atoms with Gasteiger partial charge in [-0.3, -0.25) is 9.59 Å². The van der Waals surface area contributed by atoms with E-state index in [-0.39, 0.29) is 42.7 Å². The summed E-state index contributed by atoms with van der Waals surface area (Å²) in [7, 11) is 0. The molecule has 0 radical (unpaired) electrons. The number of hydrogen-bond donors (Lipinski definition) is 3. The number of carbonyl (C=O) groups is 3. The number of carboxylic acid groups (broad SMARTS) is 1. The van der Waals surface area contributed by atoms with Crippen LogP contribution in [0.4, 0.5) is 4.79 Å². The normalized spacial score (nSPS) is 24.8. The van der Waals surface area contributed by atoms with Crippen LogP contribution in [0.1, 0.15) is 56.6 Å². The first-order valence-electron chi connectivity index (χ1n) is 12.4. The largest absolute Gasteiger partial charge is 0.481 e. The third-order valence-electron chi connectivity index (χ3n) is 8.05. The summed E-state index contributed by atoms with van der Waals surface area (Å²) in [6.07, 6.45) is 1.54. The second-order valence-electron chi connectivity index (χ2n) is 10.6. The Bertz CT molecular complexity index is 1120. The van der Waals surface area contributed by atoms with Crippen LogP contribution in [0, 0.1) is 17.3 Å². The monoisotopic (exact) mass is 476 g/mol. The SMILES string of the molecule is CC(C)C(CC(=O)O)NC(=O)[C@@]12C[C@@H](NC(=O)OCC3c4ccccc4-c4ccccc43)C[C@@H]1C2. The first-order chi connectivity index (χ1) is 16.8. The Kier molecular flexibility index (Phi) is 6.03. The second-order valence-corrected chi connectivity index (χ2v) is 10.6. The van der Waals surface area contributed by atoms with Gasteiger partial charge in [-0.2, -0.15) is 0 Å². The molecule has 3 N–H and O–H groups in total. The summed E-state index contributed by atoms with van der Waals surface area (Å²) in [6, 6.07) is 15.9. The van der Waals surface area contributed by atoms with Gasteiger partial charge in [0, 0.05) is 18.0 Å². The Morgan fingerprint density at radius 1 is 1.03 bits per heavy atom. The number of benzene rings is 2. The fourth-order valence-electron chi connectivity index (χ4n) is 6.05. The standard InChI is InChI=1S/C28H32N2O5/c1-16(2)24(12-25(31)32)30-26(33)28-13-17(28)11-18(14-28)29-27(34)35-15-23-21-9-5-3-7-19(21)20-8-4-6-10-22(20)23/h3-10,16-18,23-24H,11-15H2,1-2H3,(H,29,34)(H,30,33)(H,31,32)/t17-,18+,24?,28+/m1/s1. The Labute approximate surface area is 205 Å². The molecule has 4 atom stereocenters. The zero-order chi connectivity index (χ0) is 24.7. The zero-order valence-electron chi connectivity index (χ0n) is 20.1. The quantitative estimate of drug-likeness (QED) is 0.527. The van der Waals surface area contributed by atoms with E-state index >= 15 is 0 Å². The van der Waals surface area contributed by atoms with Gasteiger partial charge in [0.2, 0.25) is 5.91 Å². The van der Waals surface area contributed by atoms with E-state index in [4.69, 9.17) is 9.84 Å². The van der Waals surface area contributed by atoms with Crippen molar-refractivity contribution >= 4 is 18.0 Å². The third-order valence-corrected chi connectivity index (χ3v) is 8.05. The molecule has 0 heterocycles. The molecule has 7 nitrogen and oxygen atoms in total. The molecule has 2 saturated carbocycles. The fourth-order valence-corrected chi connectivity index (χ4v) is 6.05. The summed E-state index contributed by atoms with van der Waals surface area (Å²) in [6.45, 7) is 4.07. The Morgan fingerprint density at radius 2 is 1.66 bits per heavy atom. The van der Waals surface area contributed by atoms with Crippen molar-refractivity contribution in [2.45, 2.75) is 57.5 Å². The highest BCUT2D eigenvalue weighted by atomic mass is 16.5. The summed E-state index contributed by atoms with van der Waals surface area (Å²) in [5.74, 6) is -0.752. The lowest BCUT2D eigenvalue weighted by Crippen LogP contribution is -2.44. The molecule has 35 heavy (non-hydrogen) atoms. The molecule has 7 heteroatoms. The van der Waals surface area contributed by atoms with Crippen molar-refractivity contribution in [3.05, 3.63) is 59.7 Å². The summed E-state index contributed by atoms with van der Waals surface area (Å²) in [4.78, 5) is 36.8. The van der Waals surface area contributed by atoms with Crippen molar-refractivity contribution in [1.29, 1.82) is 0 Å². The highest BCUT2D eigenvalue weighted by Gasteiger charge is 2.65. The van der Waals surface area contributed by atoms with Gasteiger partial charge in [0.15, 0.2) is 0 Å². The number of aliphatic carboxylic acids is 1. The minimum atomic E-state index is -0.921. The van der Waals surface area contributed by atoms with Gasteiger partial charge in [-0.25, -0.2) is 4.79 Å². The number of alkyl carbamates (subject to hydrolysis) is 1. The van der Waals surface area contributed by atoms with Crippen molar-refractivity contribution in [3.8, 4) is 11.1 Å². The van der Waals surface area contributed by atoms with E-state index in [0.717, 1.165) is 12.8 Å². The van der Waals surface area contributed by atoms with Crippen LogP contribution < -0.4 is 10.6 Å². The van der Waals surface area contributed by atoms with Gasteiger partial charge >= 0.3 is 12.1 Å². The molecule has 0 saturated heterocycles. The molecule has 0 bridgehead atoms. The van der Waals surface area contributed by atoms with Crippen molar-refractivity contribution in [2.24, 2.45) is 17.3 Å². The summed E-state index contributed by atoms with van der Waals surface area (Å²) >= 11 is 0. The molecule has 0 aliphatic heterocycles. The molecular formula is C28H32N2O5. The number of ether oxygens (including phenoxy) is 1. The van der Waals surface area contributed by atoms with Gasteiger partial charge < -0.3 is 20.5 Å². The number of carboxylic acids is 1. The van der Waals surface area contributed by atoms with E-state index < -0.39 is 23.5 Å². The van der Waals surface area contributed by atoms with Gasteiger partial charge in [0.1, 0.15) is 6.61 Å². The fraction of sp³-hybridized carbons (Fsp3) is 0.464. The average Bonchev–Trinajstić information content (AvgIpc) is 3.25. The summed E-state index contributed by atoms with van der Waals surface area (Å²) < 4.78 is 5.67. The first kappa shape index (κ1) is 23.4. The van der Waals surface area contributed by atoms with Crippen LogP contribution in [0.2, 0.25) is 0 Å². The predicted octanol–water partition coefficient (Wildman–Crippen LogP) is 4.31. The Hall–Kier alpha value is -3.35. The van der Waals surface area contributed by atoms with Gasteiger partial charge in [-0.1, -0.05) is 62.4 Å².